The topological polar surface area (TPSA) is 64.6 Å². The first-order valence-corrected chi connectivity index (χ1v) is 7.65. The van der Waals surface area contributed by atoms with Crippen LogP contribution in [0.15, 0.2) is 29.2 Å². The van der Waals surface area contributed by atoms with Gasteiger partial charge in [-0.3, -0.25) is 0 Å². The molecule has 1 fully saturated rings. The van der Waals surface area contributed by atoms with Crippen molar-refractivity contribution in [3.8, 4) is 5.75 Å². The molecule has 1 aliphatic heterocycles. The Kier molecular flexibility index (Phi) is 4.74. The molecular formula is C12H14F3NO4S. The molecular weight excluding hydrogens is 311 g/mol. The van der Waals surface area contributed by atoms with E-state index >= 15 is 0 Å². The minimum Gasteiger partial charge on any atom is -0.491 e. The van der Waals surface area contributed by atoms with Crippen molar-refractivity contribution in [3.05, 3.63) is 24.3 Å². The van der Waals surface area contributed by atoms with Crippen molar-refractivity contribution in [2.24, 2.45) is 0 Å². The Morgan fingerprint density at radius 2 is 1.95 bits per heavy atom. The van der Waals surface area contributed by atoms with E-state index in [0.29, 0.717) is 13.2 Å². The van der Waals surface area contributed by atoms with Crippen LogP contribution in [0.3, 0.4) is 0 Å². The van der Waals surface area contributed by atoms with Crippen molar-refractivity contribution < 1.29 is 31.1 Å². The summed E-state index contributed by atoms with van der Waals surface area (Å²) in [7, 11) is -5.32. The molecule has 0 spiro atoms. The fourth-order valence-electron chi connectivity index (χ4n) is 1.76. The zero-order valence-electron chi connectivity index (χ0n) is 10.9. The second-order valence-corrected chi connectivity index (χ2v) is 6.37. The lowest BCUT2D eigenvalue weighted by Gasteiger charge is -2.23. The number of benzene rings is 1. The molecule has 1 atom stereocenters. The van der Waals surface area contributed by atoms with Crippen LogP contribution in [-0.2, 0) is 14.6 Å². The SMILES string of the molecule is O=S(=O)(c1ccc(OCC2CNCCO2)cc1)C(F)(F)F. The monoisotopic (exact) mass is 325 g/mol. The number of rotatable bonds is 4. The van der Waals surface area contributed by atoms with Gasteiger partial charge in [0.05, 0.1) is 11.5 Å². The number of halogens is 3. The molecule has 5 nitrogen and oxygen atoms in total. The zero-order valence-corrected chi connectivity index (χ0v) is 11.7. The molecule has 0 bridgehead atoms. The first-order chi connectivity index (χ1) is 9.80. The molecule has 0 saturated carbocycles. The van der Waals surface area contributed by atoms with Crippen LogP contribution in [0.2, 0.25) is 0 Å². The minimum atomic E-state index is -5.32. The van der Waals surface area contributed by atoms with Crippen molar-refractivity contribution in [2.75, 3.05) is 26.3 Å². The van der Waals surface area contributed by atoms with E-state index in [1.807, 2.05) is 0 Å². The Labute approximate surface area is 120 Å². The van der Waals surface area contributed by atoms with E-state index in [9.17, 15) is 21.6 Å². The Morgan fingerprint density at radius 3 is 2.48 bits per heavy atom. The molecule has 1 aliphatic rings. The number of sulfone groups is 1. The maximum atomic E-state index is 12.4. The largest absolute Gasteiger partial charge is 0.501 e. The van der Waals surface area contributed by atoms with E-state index in [1.54, 1.807) is 0 Å². The van der Waals surface area contributed by atoms with Crippen LogP contribution >= 0.6 is 0 Å². The highest BCUT2D eigenvalue weighted by Gasteiger charge is 2.46. The van der Waals surface area contributed by atoms with E-state index < -0.39 is 20.2 Å². The van der Waals surface area contributed by atoms with E-state index in [-0.39, 0.29) is 18.5 Å². The number of ether oxygens (including phenoxy) is 2. The molecule has 1 N–H and O–H groups in total. The van der Waals surface area contributed by atoms with Crippen LogP contribution in [0, 0.1) is 0 Å². The lowest BCUT2D eigenvalue weighted by atomic mass is 10.3. The van der Waals surface area contributed by atoms with Gasteiger partial charge in [0.2, 0.25) is 0 Å². The smallest absolute Gasteiger partial charge is 0.491 e. The molecule has 0 aliphatic carbocycles. The number of nitrogens with one attached hydrogen (secondary N) is 1. The highest BCUT2D eigenvalue weighted by molar-refractivity contribution is 7.92. The Bertz CT molecular complexity index is 565. The molecule has 2 rings (SSSR count). The van der Waals surface area contributed by atoms with E-state index in [4.69, 9.17) is 9.47 Å². The summed E-state index contributed by atoms with van der Waals surface area (Å²) in [5.74, 6) is 0.283. The first kappa shape index (κ1) is 16.1. The average molecular weight is 325 g/mol. The van der Waals surface area contributed by atoms with Crippen molar-refractivity contribution in [3.63, 3.8) is 0 Å². The molecule has 1 heterocycles. The molecule has 0 aromatic heterocycles. The van der Waals surface area contributed by atoms with Gasteiger partial charge in [0.1, 0.15) is 18.5 Å². The van der Waals surface area contributed by atoms with E-state index in [2.05, 4.69) is 5.32 Å². The quantitative estimate of drug-likeness (QED) is 0.905. The third-order valence-corrected chi connectivity index (χ3v) is 4.38. The molecule has 1 saturated heterocycles. The second-order valence-electron chi connectivity index (χ2n) is 4.43. The van der Waals surface area contributed by atoms with Crippen LogP contribution in [-0.4, -0.2) is 46.3 Å². The highest BCUT2D eigenvalue weighted by Crippen LogP contribution is 2.30. The van der Waals surface area contributed by atoms with Crippen LogP contribution < -0.4 is 10.1 Å². The van der Waals surface area contributed by atoms with Crippen LogP contribution in [0.25, 0.3) is 0 Å². The summed E-state index contributed by atoms with van der Waals surface area (Å²) in [5.41, 5.74) is -5.31. The third-order valence-electron chi connectivity index (χ3n) is 2.88. The van der Waals surface area contributed by atoms with Gasteiger partial charge < -0.3 is 14.8 Å². The van der Waals surface area contributed by atoms with Gasteiger partial charge in [-0.2, -0.15) is 13.2 Å². The summed E-state index contributed by atoms with van der Waals surface area (Å²) in [6.45, 7) is 2.19. The maximum absolute atomic E-state index is 12.4. The second kappa shape index (κ2) is 6.20. The van der Waals surface area contributed by atoms with Crippen molar-refractivity contribution in [2.45, 2.75) is 16.5 Å². The number of hydrogen-bond donors (Lipinski definition) is 1. The summed E-state index contributed by atoms with van der Waals surface area (Å²) in [6, 6.07) is 4.13. The van der Waals surface area contributed by atoms with Crippen LogP contribution in [0.5, 0.6) is 5.75 Å². The summed E-state index contributed by atoms with van der Waals surface area (Å²) >= 11 is 0. The Morgan fingerprint density at radius 1 is 1.29 bits per heavy atom. The van der Waals surface area contributed by atoms with E-state index in [1.165, 1.54) is 12.1 Å². The van der Waals surface area contributed by atoms with Crippen molar-refractivity contribution in [1.82, 2.24) is 5.32 Å². The zero-order chi connectivity index (χ0) is 15.5. The van der Waals surface area contributed by atoms with Gasteiger partial charge in [-0.05, 0) is 24.3 Å². The molecule has 0 amide bonds. The predicted octanol–water partition coefficient (Wildman–Crippen LogP) is 1.35. The summed E-state index contributed by atoms with van der Waals surface area (Å²) in [5, 5.41) is 3.11. The molecule has 1 aromatic rings. The van der Waals surface area contributed by atoms with Gasteiger partial charge in [-0.1, -0.05) is 0 Å². The number of morpholine rings is 1. The Balaban J connectivity index is 1.99. The number of hydrogen-bond acceptors (Lipinski definition) is 5. The van der Waals surface area contributed by atoms with Gasteiger partial charge in [-0.25, -0.2) is 8.42 Å². The average Bonchev–Trinajstić information content (AvgIpc) is 2.45. The third kappa shape index (κ3) is 3.86. The van der Waals surface area contributed by atoms with Crippen molar-refractivity contribution in [1.29, 1.82) is 0 Å². The fourth-order valence-corrected chi connectivity index (χ4v) is 2.53. The molecule has 21 heavy (non-hydrogen) atoms. The number of alkyl halides is 3. The van der Waals surface area contributed by atoms with Crippen LogP contribution in [0.1, 0.15) is 0 Å². The highest BCUT2D eigenvalue weighted by atomic mass is 32.2. The van der Waals surface area contributed by atoms with Gasteiger partial charge >= 0.3 is 5.51 Å². The molecule has 9 heteroatoms. The van der Waals surface area contributed by atoms with Gasteiger partial charge in [0.15, 0.2) is 0 Å². The lowest BCUT2D eigenvalue weighted by Crippen LogP contribution is -2.41. The molecule has 0 radical (unpaired) electrons. The van der Waals surface area contributed by atoms with Crippen molar-refractivity contribution >= 4 is 9.84 Å². The Hall–Kier alpha value is -1.32. The minimum absolute atomic E-state index is 0.141. The van der Waals surface area contributed by atoms with E-state index in [0.717, 1.165) is 18.7 Å². The maximum Gasteiger partial charge on any atom is 0.501 e. The summed E-state index contributed by atoms with van der Waals surface area (Å²) < 4.78 is 70.2. The lowest BCUT2D eigenvalue weighted by molar-refractivity contribution is -0.0436. The van der Waals surface area contributed by atoms with Gasteiger partial charge in [-0.15, -0.1) is 0 Å². The molecule has 1 aromatic carbocycles. The standard InChI is InChI=1S/C12H14F3NO4S/c13-12(14,15)21(17,18)11-3-1-9(2-4-11)20-8-10-7-16-5-6-19-10/h1-4,10,16H,5-8H2. The first-order valence-electron chi connectivity index (χ1n) is 6.17. The van der Waals surface area contributed by atoms with Gasteiger partial charge in [0, 0.05) is 13.1 Å². The molecule has 1 unspecified atom stereocenters. The van der Waals surface area contributed by atoms with Crippen LogP contribution in [0.4, 0.5) is 13.2 Å². The normalized spacial score (nSPS) is 20.2. The van der Waals surface area contributed by atoms with Gasteiger partial charge in [0.25, 0.3) is 9.84 Å². The fraction of sp³-hybridized carbons (Fsp3) is 0.500. The molecule has 118 valence electrons. The summed E-state index contributed by atoms with van der Waals surface area (Å²) in [6.07, 6.45) is -0.141. The summed E-state index contributed by atoms with van der Waals surface area (Å²) in [4.78, 5) is -0.807. The predicted molar refractivity (Wildman–Crippen MR) is 67.8 cm³/mol.